The molecule has 0 unspecified atom stereocenters. The maximum atomic E-state index is 13.9. The average molecular weight is 624 g/mol. The van der Waals surface area contributed by atoms with Crippen LogP contribution in [-0.4, -0.2) is 32.2 Å². The molecule has 0 aliphatic rings. The van der Waals surface area contributed by atoms with Crippen LogP contribution in [0, 0.1) is 6.92 Å². The quantitative estimate of drug-likeness (QED) is 0.194. The van der Waals surface area contributed by atoms with Crippen LogP contribution in [0.1, 0.15) is 40.7 Å². The Hall–Kier alpha value is -5.29. The van der Waals surface area contributed by atoms with Crippen molar-refractivity contribution >= 4 is 27.3 Å². The lowest BCUT2D eigenvalue weighted by molar-refractivity contribution is -0.303. The molecule has 6 aromatic rings. The van der Waals surface area contributed by atoms with Crippen molar-refractivity contribution in [2.45, 2.75) is 40.8 Å². The second-order valence-corrected chi connectivity index (χ2v) is 11.4. The van der Waals surface area contributed by atoms with Gasteiger partial charge in [0.15, 0.2) is 17.7 Å². The lowest BCUT2D eigenvalue weighted by atomic mass is 9.96. The molecule has 0 aliphatic heterocycles. The van der Waals surface area contributed by atoms with Gasteiger partial charge in [0.2, 0.25) is 0 Å². The lowest BCUT2D eigenvalue weighted by Gasteiger charge is -2.15. The van der Waals surface area contributed by atoms with Gasteiger partial charge >= 0.3 is 5.69 Å². The second kappa shape index (κ2) is 12.7. The molecule has 3 aromatic carbocycles. The molecule has 11 heteroatoms. The van der Waals surface area contributed by atoms with Crippen LogP contribution in [0.3, 0.4) is 0 Å². The van der Waals surface area contributed by atoms with E-state index in [-0.39, 0.29) is 32.1 Å². The van der Waals surface area contributed by atoms with Crippen molar-refractivity contribution < 1.29 is 19.2 Å². The van der Waals surface area contributed by atoms with Crippen LogP contribution in [0.4, 0.5) is 0 Å². The smallest absolute Gasteiger partial charge is 0.332 e. The Kier molecular flexibility index (Phi) is 8.82. The maximum Gasteiger partial charge on any atom is 0.332 e. The number of hydrogen-bond acceptors (Lipinski definition) is 9. The number of aryl methyl sites for hydroxylation is 2. The summed E-state index contributed by atoms with van der Waals surface area (Å²) in [7, 11) is 1.54. The van der Waals surface area contributed by atoms with Gasteiger partial charge in [0.05, 0.1) is 25.6 Å². The van der Waals surface area contributed by atoms with Gasteiger partial charge in [-0.05, 0) is 65.9 Å². The van der Waals surface area contributed by atoms with Crippen molar-refractivity contribution in [3.8, 4) is 34.3 Å². The van der Waals surface area contributed by atoms with E-state index in [1.807, 2.05) is 62.4 Å². The third-order valence-corrected chi connectivity index (χ3v) is 8.87. The summed E-state index contributed by atoms with van der Waals surface area (Å²) in [6.45, 7) is 3.76. The zero-order valence-corrected chi connectivity index (χ0v) is 25.0. The van der Waals surface area contributed by atoms with Gasteiger partial charge in [-0.2, -0.15) is 5.16 Å². The maximum absolute atomic E-state index is 13.9. The van der Waals surface area contributed by atoms with Crippen LogP contribution in [0.5, 0.6) is 11.8 Å². The summed E-state index contributed by atoms with van der Waals surface area (Å²) in [6, 6.07) is 21.7. The van der Waals surface area contributed by atoms with Crippen LogP contribution in [-0.2, 0) is 19.5 Å². The first-order valence-electron chi connectivity index (χ1n) is 13.9. The van der Waals surface area contributed by atoms with Crippen molar-refractivity contribution in [2.75, 3.05) is 7.11 Å². The Labute approximate surface area is 262 Å². The number of aromatic nitrogens is 4. The molecule has 0 saturated carbocycles. The van der Waals surface area contributed by atoms with E-state index in [1.165, 1.54) is 18.4 Å². The minimum absolute atomic E-state index is 0. The number of thiophene rings is 1. The molecule has 6 rings (SSSR count). The molecule has 0 saturated heterocycles. The molecule has 0 fully saturated rings. The Morgan fingerprint density at radius 1 is 1.00 bits per heavy atom. The van der Waals surface area contributed by atoms with Gasteiger partial charge in [-0.25, -0.2) is 9.78 Å². The Morgan fingerprint density at radius 3 is 2.38 bits per heavy atom. The summed E-state index contributed by atoms with van der Waals surface area (Å²) in [5.74, 6) is 0.454. The van der Waals surface area contributed by atoms with Crippen LogP contribution in [0.15, 0.2) is 86.9 Å². The largest absolute Gasteiger partial charge is 0.528 e. The molecule has 10 nitrogen and oxygen atoms in total. The minimum atomic E-state index is -0.759. The molecular weight excluding hydrogens is 592 g/mol. The molecule has 0 aliphatic carbocycles. The average Bonchev–Trinajstić information content (AvgIpc) is 3.68. The van der Waals surface area contributed by atoms with Crippen molar-refractivity contribution in [1.82, 2.24) is 19.3 Å². The molecule has 0 amide bonds. The van der Waals surface area contributed by atoms with Gasteiger partial charge in [-0.1, -0.05) is 56.8 Å². The number of carbonyl (C=O) groups excluding carboxylic acids is 1. The lowest BCUT2D eigenvalue weighted by Crippen LogP contribution is -2.41. The van der Waals surface area contributed by atoms with E-state index in [1.54, 1.807) is 28.8 Å². The molecule has 0 spiro atoms. The molecule has 0 bridgehead atoms. The van der Waals surface area contributed by atoms with Gasteiger partial charge < -0.3 is 14.4 Å². The van der Waals surface area contributed by atoms with E-state index in [9.17, 15) is 19.5 Å². The van der Waals surface area contributed by atoms with Gasteiger partial charge in [0.1, 0.15) is 10.6 Å². The first-order valence-corrected chi connectivity index (χ1v) is 14.7. The molecule has 3 aromatic heterocycles. The summed E-state index contributed by atoms with van der Waals surface area (Å²) in [6.07, 6.45) is -0.0519. The molecule has 0 radical (unpaired) electrons. The number of Topliss-reactive ketones (excluding diaryl/α,β-unsaturated/α-hetero) is 1. The predicted molar refractivity (Wildman–Crippen MR) is 172 cm³/mol. The van der Waals surface area contributed by atoms with Crippen LogP contribution < -0.4 is 21.1 Å². The molecule has 0 atom stereocenters. The molecule has 3 heterocycles. The highest BCUT2D eigenvalue weighted by molar-refractivity contribution is 7.18. The van der Waals surface area contributed by atoms with E-state index in [4.69, 9.17) is 4.74 Å². The van der Waals surface area contributed by atoms with Crippen molar-refractivity contribution in [3.63, 3.8) is 0 Å². The summed E-state index contributed by atoms with van der Waals surface area (Å²) in [4.78, 5) is 46.0. The normalized spacial score (nSPS) is 11.0. The number of ketones is 1. The van der Waals surface area contributed by atoms with E-state index in [0.717, 1.165) is 31.7 Å². The zero-order chi connectivity index (χ0) is 31.0. The number of methoxy groups -OCH3 is 1. The van der Waals surface area contributed by atoms with Gasteiger partial charge in [0.25, 0.3) is 5.56 Å². The topological polar surface area (TPSA) is 132 Å². The van der Waals surface area contributed by atoms with Gasteiger partial charge in [-0.15, -0.1) is 11.3 Å². The van der Waals surface area contributed by atoms with Crippen molar-refractivity contribution in [2.24, 2.45) is 0 Å². The fourth-order valence-electron chi connectivity index (χ4n) is 5.17. The van der Waals surface area contributed by atoms with E-state index >= 15 is 0 Å². The van der Waals surface area contributed by atoms with Gasteiger partial charge in [0, 0.05) is 16.0 Å². The van der Waals surface area contributed by atoms with Crippen molar-refractivity contribution in [1.29, 1.82) is 0 Å². The van der Waals surface area contributed by atoms with Crippen LogP contribution in [0.25, 0.3) is 32.7 Å². The minimum Gasteiger partial charge on any atom is -0.528 e. The number of nitrogens with zero attached hydrogens (tertiary/aromatic N) is 4. The Balaban J connectivity index is 0.00000400. The van der Waals surface area contributed by atoms with Crippen LogP contribution >= 0.6 is 11.3 Å². The predicted octanol–water partition coefficient (Wildman–Crippen LogP) is 5.46. The Bertz CT molecular complexity index is 2140. The fraction of sp³-hybridized carbons (Fsp3) is 0.206. The second-order valence-electron chi connectivity index (χ2n) is 10.3. The van der Waals surface area contributed by atoms with E-state index < -0.39 is 17.3 Å². The third kappa shape index (κ3) is 5.94. The van der Waals surface area contributed by atoms with Crippen LogP contribution in [0.2, 0.25) is 0 Å². The summed E-state index contributed by atoms with van der Waals surface area (Å²) < 4.78 is 12.4. The molecule has 230 valence electrons. The number of benzene rings is 3. The highest BCUT2D eigenvalue weighted by Gasteiger charge is 2.20. The number of ether oxygens (including phenoxy) is 1. The fourth-order valence-corrected chi connectivity index (χ4v) is 6.25. The number of hydrogen-bond donors (Lipinski definition) is 0. The molecule has 45 heavy (non-hydrogen) atoms. The standard InChI is InChI=1S/C33H28N4O6S.CH4/c1-4-24-16-27-30(39)36(18-28(38)20-11-13-23(42-3)14-12-20)33(41)37(31(27)44-24)17-22-10-9-21(15-19(22)2)25-7-5-6-8-26(25)29-34-32(40)43-35-29;/h5-16H,4,17-18H2,1-3H3,(H,34,35,40);1H4/p-1. The first kappa shape index (κ1) is 31.1. The zero-order valence-electron chi connectivity index (χ0n) is 24.2. The van der Waals surface area contributed by atoms with E-state index in [0.29, 0.717) is 33.5 Å². The highest BCUT2D eigenvalue weighted by Crippen LogP contribution is 2.32. The molecule has 0 N–H and O–H groups in total. The molecular formula is C34H31N4O6S-. The van der Waals surface area contributed by atoms with E-state index in [2.05, 4.69) is 14.7 Å². The Morgan fingerprint density at radius 2 is 1.73 bits per heavy atom. The number of rotatable bonds is 9. The summed E-state index contributed by atoms with van der Waals surface area (Å²) >= 11 is 1.41. The summed E-state index contributed by atoms with van der Waals surface area (Å²) in [5.41, 5.74) is 3.47. The summed E-state index contributed by atoms with van der Waals surface area (Å²) in [5, 5.41) is 15.7. The third-order valence-electron chi connectivity index (χ3n) is 7.57. The number of carbonyl (C=O) groups is 1. The van der Waals surface area contributed by atoms with Gasteiger partial charge in [-0.3, -0.25) is 18.7 Å². The SMILES string of the molecule is C.CCc1cc2c(=O)n(CC(=O)c3ccc(OC)cc3)c(=O)n(Cc3ccc(-c4ccccc4-c4noc([O-])n4)cc3C)c2s1. The highest BCUT2D eigenvalue weighted by atomic mass is 32.1. The first-order chi connectivity index (χ1) is 21.3. The monoisotopic (exact) mass is 623 g/mol. The van der Waals surface area contributed by atoms with Crippen molar-refractivity contribution in [3.05, 3.63) is 115 Å². The number of fused-ring (bicyclic) bond motifs is 1.